The standard InChI is InChI=1S/C18H24N4O3.ClH/c23-17(22-8-5-15(6-9-22)19-11-13-1-2-13)4-3-16-20-18(21-25-16)14-7-10-24-12-14;/h7,10,12-13,15,19H,1-6,8-9,11H2;1H. The van der Waals surface area contributed by atoms with Crippen molar-refractivity contribution in [1.29, 1.82) is 0 Å². The zero-order valence-corrected chi connectivity index (χ0v) is 15.5. The van der Waals surface area contributed by atoms with Gasteiger partial charge >= 0.3 is 0 Å². The molecule has 0 radical (unpaired) electrons. The second-order valence-corrected chi connectivity index (χ2v) is 7.03. The van der Waals surface area contributed by atoms with Crippen molar-refractivity contribution in [3.8, 4) is 11.4 Å². The van der Waals surface area contributed by atoms with Crippen molar-refractivity contribution in [3.05, 3.63) is 24.5 Å². The van der Waals surface area contributed by atoms with E-state index in [9.17, 15) is 4.79 Å². The fourth-order valence-corrected chi connectivity index (χ4v) is 3.23. The molecule has 1 amide bonds. The topological polar surface area (TPSA) is 84.4 Å². The molecule has 1 saturated heterocycles. The Balaban J connectivity index is 0.00000196. The predicted octanol–water partition coefficient (Wildman–Crippen LogP) is 2.67. The molecule has 1 saturated carbocycles. The number of furan rings is 1. The number of aromatic nitrogens is 2. The first-order valence-corrected chi connectivity index (χ1v) is 9.14. The Bertz CT molecular complexity index is 691. The molecule has 0 spiro atoms. The van der Waals surface area contributed by atoms with E-state index in [1.54, 1.807) is 18.6 Å². The summed E-state index contributed by atoms with van der Waals surface area (Å²) in [5.74, 6) is 2.06. The number of carbonyl (C=O) groups is 1. The smallest absolute Gasteiger partial charge is 0.227 e. The van der Waals surface area contributed by atoms with E-state index in [0.717, 1.165) is 44.0 Å². The van der Waals surface area contributed by atoms with Crippen LogP contribution in [0.2, 0.25) is 0 Å². The van der Waals surface area contributed by atoms with Crippen LogP contribution >= 0.6 is 12.4 Å². The highest BCUT2D eigenvalue weighted by atomic mass is 35.5. The number of halogens is 1. The second-order valence-electron chi connectivity index (χ2n) is 7.03. The van der Waals surface area contributed by atoms with Crippen molar-refractivity contribution in [2.45, 2.75) is 44.6 Å². The highest BCUT2D eigenvalue weighted by molar-refractivity contribution is 5.85. The fraction of sp³-hybridized carbons (Fsp3) is 0.611. The summed E-state index contributed by atoms with van der Waals surface area (Å²) in [7, 11) is 0. The number of hydrogen-bond donors (Lipinski definition) is 1. The third-order valence-electron chi connectivity index (χ3n) is 5.04. The second kappa shape index (κ2) is 8.68. The van der Waals surface area contributed by atoms with E-state index in [4.69, 9.17) is 8.94 Å². The largest absolute Gasteiger partial charge is 0.472 e. The molecule has 142 valence electrons. The molecule has 1 aliphatic heterocycles. The minimum Gasteiger partial charge on any atom is -0.472 e. The Morgan fingerprint density at radius 2 is 2.08 bits per heavy atom. The lowest BCUT2D eigenvalue weighted by Gasteiger charge is -2.32. The van der Waals surface area contributed by atoms with Gasteiger partial charge in [-0.1, -0.05) is 5.16 Å². The number of hydrogen-bond acceptors (Lipinski definition) is 6. The molecule has 2 aromatic heterocycles. The lowest BCUT2D eigenvalue weighted by atomic mass is 10.0. The van der Waals surface area contributed by atoms with Crippen molar-refractivity contribution in [1.82, 2.24) is 20.4 Å². The summed E-state index contributed by atoms with van der Waals surface area (Å²) >= 11 is 0. The normalized spacial score (nSPS) is 17.9. The first kappa shape index (κ1) is 18.9. The zero-order chi connectivity index (χ0) is 17.1. The van der Waals surface area contributed by atoms with Gasteiger partial charge in [0.05, 0.1) is 11.8 Å². The molecule has 1 N–H and O–H groups in total. The van der Waals surface area contributed by atoms with E-state index < -0.39 is 0 Å². The summed E-state index contributed by atoms with van der Waals surface area (Å²) in [4.78, 5) is 18.7. The van der Waals surface area contributed by atoms with Crippen LogP contribution in [0, 0.1) is 5.92 Å². The number of amides is 1. The number of nitrogens with one attached hydrogen (secondary N) is 1. The number of carbonyl (C=O) groups excluding carboxylic acids is 1. The monoisotopic (exact) mass is 380 g/mol. The summed E-state index contributed by atoms with van der Waals surface area (Å²) in [6, 6.07) is 2.35. The quantitative estimate of drug-likeness (QED) is 0.794. The van der Waals surface area contributed by atoms with Gasteiger partial charge in [0.2, 0.25) is 17.6 Å². The molecule has 8 heteroatoms. The van der Waals surface area contributed by atoms with Gasteiger partial charge in [0.15, 0.2) is 0 Å². The molecular weight excluding hydrogens is 356 g/mol. The van der Waals surface area contributed by atoms with Gasteiger partial charge in [-0.2, -0.15) is 4.98 Å². The van der Waals surface area contributed by atoms with Crippen LogP contribution in [0.4, 0.5) is 0 Å². The van der Waals surface area contributed by atoms with Crippen LogP contribution in [0.1, 0.15) is 38.0 Å². The lowest BCUT2D eigenvalue weighted by Crippen LogP contribution is -2.45. The maximum Gasteiger partial charge on any atom is 0.227 e. The molecule has 2 aliphatic rings. The molecule has 1 aliphatic carbocycles. The summed E-state index contributed by atoms with van der Waals surface area (Å²) in [5, 5.41) is 7.56. The van der Waals surface area contributed by atoms with Crippen molar-refractivity contribution < 1.29 is 13.7 Å². The number of nitrogens with zero attached hydrogens (tertiary/aromatic N) is 3. The zero-order valence-electron chi connectivity index (χ0n) is 14.7. The summed E-state index contributed by atoms with van der Waals surface area (Å²) in [6.45, 7) is 2.82. The molecule has 2 aromatic rings. The van der Waals surface area contributed by atoms with Crippen LogP contribution in [0.5, 0.6) is 0 Å². The lowest BCUT2D eigenvalue weighted by molar-refractivity contribution is -0.132. The molecular formula is C18H25ClN4O3. The number of aryl methyl sites for hydroxylation is 1. The minimum atomic E-state index is 0. The maximum absolute atomic E-state index is 12.4. The highest BCUT2D eigenvalue weighted by Gasteiger charge is 2.26. The van der Waals surface area contributed by atoms with E-state index in [2.05, 4.69) is 15.5 Å². The van der Waals surface area contributed by atoms with Gasteiger partial charge in [-0.15, -0.1) is 12.4 Å². The molecule has 0 atom stereocenters. The Morgan fingerprint density at radius 1 is 1.27 bits per heavy atom. The Morgan fingerprint density at radius 3 is 2.77 bits per heavy atom. The van der Waals surface area contributed by atoms with Gasteiger partial charge in [0, 0.05) is 32.0 Å². The third-order valence-corrected chi connectivity index (χ3v) is 5.04. The molecule has 0 unspecified atom stereocenters. The van der Waals surface area contributed by atoms with Crippen molar-refractivity contribution >= 4 is 18.3 Å². The van der Waals surface area contributed by atoms with Crippen LogP contribution < -0.4 is 5.32 Å². The van der Waals surface area contributed by atoms with Gasteiger partial charge in [0.25, 0.3) is 0 Å². The first-order chi connectivity index (χ1) is 12.3. The van der Waals surface area contributed by atoms with Gasteiger partial charge in [0.1, 0.15) is 6.26 Å². The minimum absolute atomic E-state index is 0. The van der Waals surface area contributed by atoms with Gasteiger partial charge in [-0.05, 0) is 44.2 Å². The third kappa shape index (κ3) is 4.86. The molecule has 3 heterocycles. The average Bonchev–Trinajstić information content (AvgIpc) is 3.11. The number of piperidine rings is 1. The number of rotatable bonds is 7. The number of likely N-dealkylation sites (tertiary alicyclic amines) is 1. The molecule has 7 nitrogen and oxygen atoms in total. The molecule has 0 bridgehead atoms. The summed E-state index contributed by atoms with van der Waals surface area (Å²) in [6.07, 6.45) is 8.87. The fourth-order valence-electron chi connectivity index (χ4n) is 3.23. The van der Waals surface area contributed by atoms with E-state index in [1.165, 1.54) is 12.8 Å². The van der Waals surface area contributed by atoms with E-state index in [1.807, 2.05) is 4.90 Å². The van der Waals surface area contributed by atoms with Crippen molar-refractivity contribution in [2.24, 2.45) is 5.92 Å². The van der Waals surface area contributed by atoms with Crippen molar-refractivity contribution in [2.75, 3.05) is 19.6 Å². The van der Waals surface area contributed by atoms with Gasteiger partial charge < -0.3 is 19.2 Å². The molecule has 0 aromatic carbocycles. The predicted molar refractivity (Wildman–Crippen MR) is 97.9 cm³/mol. The first-order valence-electron chi connectivity index (χ1n) is 9.14. The van der Waals surface area contributed by atoms with Crippen molar-refractivity contribution in [3.63, 3.8) is 0 Å². The Labute approximate surface area is 158 Å². The highest BCUT2D eigenvalue weighted by Crippen LogP contribution is 2.28. The summed E-state index contributed by atoms with van der Waals surface area (Å²) in [5.41, 5.74) is 0.780. The molecule has 26 heavy (non-hydrogen) atoms. The Hall–Kier alpha value is -1.86. The Kier molecular flexibility index (Phi) is 6.32. The molecule has 2 fully saturated rings. The van der Waals surface area contributed by atoms with Gasteiger partial charge in [-0.25, -0.2) is 0 Å². The SMILES string of the molecule is Cl.O=C(CCc1nc(-c2ccoc2)no1)N1CCC(NCC2CC2)CC1. The van der Waals surface area contributed by atoms with Crippen LogP contribution in [-0.4, -0.2) is 46.6 Å². The summed E-state index contributed by atoms with van der Waals surface area (Å²) < 4.78 is 10.2. The maximum atomic E-state index is 12.4. The average molecular weight is 381 g/mol. The van der Waals surface area contributed by atoms with E-state index >= 15 is 0 Å². The van der Waals surface area contributed by atoms with E-state index in [0.29, 0.717) is 30.6 Å². The van der Waals surface area contributed by atoms with Gasteiger partial charge in [-0.3, -0.25) is 4.79 Å². The van der Waals surface area contributed by atoms with Crippen LogP contribution in [0.15, 0.2) is 27.5 Å². The molecule has 4 rings (SSSR count). The van der Waals surface area contributed by atoms with Crippen LogP contribution in [0.3, 0.4) is 0 Å². The van der Waals surface area contributed by atoms with Crippen LogP contribution in [-0.2, 0) is 11.2 Å². The van der Waals surface area contributed by atoms with E-state index in [-0.39, 0.29) is 18.3 Å². The van der Waals surface area contributed by atoms with Crippen LogP contribution in [0.25, 0.3) is 11.4 Å².